The van der Waals surface area contributed by atoms with Gasteiger partial charge in [-0.2, -0.15) is 0 Å². The van der Waals surface area contributed by atoms with E-state index in [0.717, 1.165) is 26.3 Å². The molecule has 0 aromatic carbocycles. The molecule has 4 heteroatoms. The summed E-state index contributed by atoms with van der Waals surface area (Å²) in [4.78, 5) is 2.46. The molecule has 4 nitrogen and oxygen atoms in total. The average Bonchev–Trinajstić information content (AvgIpc) is 2.26. The molecule has 15 heavy (non-hydrogen) atoms. The average molecular weight is 216 g/mol. The SMILES string of the molecule is COCC1CCCN(CCOCCN)C1. The van der Waals surface area contributed by atoms with Gasteiger partial charge in [-0.25, -0.2) is 0 Å². The maximum absolute atomic E-state index is 5.38. The van der Waals surface area contributed by atoms with E-state index in [4.69, 9.17) is 15.2 Å². The second-order valence-electron chi connectivity index (χ2n) is 4.17. The Labute approximate surface area is 92.7 Å². The van der Waals surface area contributed by atoms with Crippen LogP contribution in [0.15, 0.2) is 0 Å². The minimum Gasteiger partial charge on any atom is -0.384 e. The summed E-state index contributed by atoms with van der Waals surface area (Å²) in [6.07, 6.45) is 2.58. The third kappa shape index (κ3) is 5.47. The van der Waals surface area contributed by atoms with E-state index in [1.54, 1.807) is 7.11 Å². The highest BCUT2D eigenvalue weighted by Crippen LogP contribution is 2.15. The van der Waals surface area contributed by atoms with Crippen molar-refractivity contribution in [3.63, 3.8) is 0 Å². The zero-order chi connectivity index (χ0) is 10.9. The van der Waals surface area contributed by atoms with Crippen LogP contribution in [-0.4, -0.2) is 58.0 Å². The fraction of sp³-hybridized carbons (Fsp3) is 1.00. The number of hydrogen-bond donors (Lipinski definition) is 1. The second kappa shape index (κ2) is 8.05. The summed E-state index contributed by atoms with van der Waals surface area (Å²) in [6, 6.07) is 0. The molecule has 1 unspecified atom stereocenters. The van der Waals surface area contributed by atoms with E-state index in [1.165, 1.54) is 19.4 Å². The molecule has 1 saturated heterocycles. The lowest BCUT2D eigenvalue weighted by molar-refractivity contribution is 0.0629. The lowest BCUT2D eigenvalue weighted by Gasteiger charge is -2.32. The number of nitrogens with zero attached hydrogens (tertiary/aromatic N) is 1. The molecule has 1 rings (SSSR count). The van der Waals surface area contributed by atoms with E-state index in [-0.39, 0.29) is 0 Å². The molecule has 0 saturated carbocycles. The molecule has 90 valence electrons. The van der Waals surface area contributed by atoms with Crippen molar-refractivity contribution in [2.75, 3.05) is 53.1 Å². The first-order valence-corrected chi connectivity index (χ1v) is 5.86. The number of methoxy groups -OCH3 is 1. The van der Waals surface area contributed by atoms with Crippen LogP contribution in [0, 0.1) is 5.92 Å². The van der Waals surface area contributed by atoms with Gasteiger partial charge in [-0.1, -0.05) is 0 Å². The van der Waals surface area contributed by atoms with Crippen molar-refractivity contribution in [1.29, 1.82) is 0 Å². The molecule has 0 amide bonds. The highest BCUT2D eigenvalue weighted by molar-refractivity contribution is 4.72. The van der Waals surface area contributed by atoms with E-state index in [1.807, 2.05) is 0 Å². The molecule has 1 heterocycles. The molecule has 0 aliphatic carbocycles. The van der Waals surface area contributed by atoms with Gasteiger partial charge in [0.2, 0.25) is 0 Å². The summed E-state index contributed by atoms with van der Waals surface area (Å²) < 4.78 is 10.6. The van der Waals surface area contributed by atoms with Crippen molar-refractivity contribution in [1.82, 2.24) is 4.90 Å². The Balaban J connectivity index is 2.07. The highest BCUT2D eigenvalue weighted by Gasteiger charge is 2.18. The first kappa shape index (κ1) is 12.9. The van der Waals surface area contributed by atoms with Gasteiger partial charge in [-0.3, -0.25) is 0 Å². The van der Waals surface area contributed by atoms with Gasteiger partial charge in [0.25, 0.3) is 0 Å². The van der Waals surface area contributed by atoms with E-state index in [2.05, 4.69) is 4.90 Å². The summed E-state index contributed by atoms with van der Waals surface area (Å²) in [7, 11) is 1.78. The molecule has 1 fully saturated rings. The van der Waals surface area contributed by atoms with Gasteiger partial charge in [-0.05, 0) is 25.3 Å². The summed E-state index contributed by atoms with van der Waals surface area (Å²) in [5.74, 6) is 0.707. The number of hydrogen-bond acceptors (Lipinski definition) is 4. The lowest BCUT2D eigenvalue weighted by Crippen LogP contribution is -2.39. The fourth-order valence-corrected chi connectivity index (χ4v) is 2.11. The molecule has 0 spiro atoms. The number of nitrogens with two attached hydrogens (primary N) is 1. The first-order chi connectivity index (χ1) is 7.36. The van der Waals surface area contributed by atoms with E-state index in [0.29, 0.717) is 19.1 Å². The zero-order valence-corrected chi connectivity index (χ0v) is 9.78. The molecule has 0 aromatic heterocycles. The van der Waals surface area contributed by atoms with Crippen LogP contribution in [0.5, 0.6) is 0 Å². The Hall–Kier alpha value is -0.160. The minimum atomic E-state index is 0.617. The summed E-state index contributed by atoms with van der Waals surface area (Å²) >= 11 is 0. The van der Waals surface area contributed by atoms with Gasteiger partial charge in [0.1, 0.15) is 0 Å². The Morgan fingerprint density at radius 2 is 2.27 bits per heavy atom. The standard InChI is InChI=1S/C11H24N2O2/c1-14-10-11-3-2-5-13(9-11)6-8-15-7-4-12/h11H,2-10,12H2,1H3. The van der Waals surface area contributed by atoms with Crippen LogP contribution in [0.3, 0.4) is 0 Å². The van der Waals surface area contributed by atoms with Gasteiger partial charge >= 0.3 is 0 Å². The zero-order valence-electron chi connectivity index (χ0n) is 9.78. The molecule has 1 aliphatic heterocycles. The lowest BCUT2D eigenvalue weighted by atomic mass is 9.99. The summed E-state index contributed by atoms with van der Waals surface area (Å²) in [5, 5.41) is 0. The summed E-state index contributed by atoms with van der Waals surface area (Å²) in [5.41, 5.74) is 5.35. The van der Waals surface area contributed by atoms with Crippen LogP contribution in [-0.2, 0) is 9.47 Å². The van der Waals surface area contributed by atoms with Crippen molar-refractivity contribution in [2.45, 2.75) is 12.8 Å². The van der Waals surface area contributed by atoms with Crippen molar-refractivity contribution in [2.24, 2.45) is 11.7 Å². The molecule has 2 N–H and O–H groups in total. The van der Waals surface area contributed by atoms with E-state index < -0.39 is 0 Å². The van der Waals surface area contributed by atoms with Crippen molar-refractivity contribution >= 4 is 0 Å². The van der Waals surface area contributed by atoms with Gasteiger partial charge in [0, 0.05) is 26.7 Å². The third-order valence-corrected chi connectivity index (χ3v) is 2.82. The Kier molecular flexibility index (Phi) is 6.92. The van der Waals surface area contributed by atoms with Gasteiger partial charge in [-0.15, -0.1) is 0 Å². The number of piperidine rings is 1. The minimum absolute atomic E-state index is 0.617. The van der Waals surface area contributed by atoms with Crippen LogP contribution in [0.4, 0.5) is 0 Å². The van der Waals surface area contributed by atoms with Crippen molar-refractivity contribution in [3.05, 3.63) is 0 Å². The Morgan fingerprint density at radius 1 is 1.40 bits per heavy atom. The number of ether oxygens (including phenoxy) is 2. The molecular formula is C11H24N2O2. The maximum atomic E-state index is 5.38. The van der Waals surface area contributed by atoms with Crippen LogP contribution in [0.1, 0.15) is 12.8 Å². The fourth-order valence-electron chi connectivity index (χ4n) is 2.11. The van der Waals surface area contributed by atoms with Crippen LogP contribution >= 0.6 is 0 Å². The normalized spacial score (nSPS) is 23.2. The predicted octanol–water partition coefficient (Wildman–Crippen LogP) is 0.320. The predicted molar refractivity (Wildman–Crippen MR) is 60.9 cm³/mol. The number of likely N-dealkylation sites (tertiary alicyclic amines) is 1. The molecule has 0 aromatic rings. The van der Waals surface area contributed by atoms with Crippen LogP contribution in [0.25, 0.3) is 0 Å². The molecule has 0 radical (unpaired) electrons. The molecule has 1 aliphatic rings. The largest absolute Gasteiger partial charge is 0.384 e. The Bertz CT molecular complexity index is 154. The molecule has 1 atom stereocenters. The molecular weight excluding hydrogens is 192 g/mol. The summed E-state index contributed by atoms with van der Waals surface area (Å²) in [6.45, 7) is 6.37. The monoisotopic (exact) mass is 216 g/mol. The third-order valence-electron chi connectivity index (χ3n) is 2.82. The van der Waals surface area contributed by atoms with Crippen LogP contribution < -0.4 is 5.73 Å². The maximum Gasteiger partial charge on any atom is 0.0594 e. The van der Waals surface area contributed by atoms with Crippen molar-refractivity contribution < 1.29 is 9.47 Å². The van der Waals surface area contributed by atoms with Crippen LogP contribution in [0.2, 0.25) is 0 Å². The molecule has 0 bridgehead atoms. The second-order valence-corrected chi connectivity index (χ2v) is 4.17. The van der Waals surface area contributed by atoms with E-state index in [9.17, 15) is 0 Å². The van der Waals surface area contributed by atoms with Gasteiger partial charge < -0.3 is 20.1 Å². The highest BCUT2D eigenvalue weighted by atomic mass is 16.5. The topological polar surface area (TPSA) is 47.7 Å². The van der Waals surface area contributed by atoms with Gasteiger partial charge in [0.05, 0.1) is 19.8 Å². The smallest absolute Gasteiger partial charge is 0.0594 e. The van der Waals surface area contributed by atoms with E-state index >= 15 is 0 Å². The van der Waals surface area contributed by atoms with Crippen molar-refractivity contribution in [3.8, 4) is 0 Å². The first-order valence-electron chi connectivity index (χ1n) is 5.86. The Morgan fingerprint density at radius 3 is 3.00 bits per heavy atom. The number of rotatable bonds is 7. The van der Waals surface area contributed by atoms with Gasteiger partial charge in [0.15, 0.2) is 0 Å². The quantitative estimate of drug-likeness (QED) is 0.623.